The van der Waals surface area contributed by atoms with Crippen molar-refractivity contribution in [2.75, 3.05) is 13.6 Å². The molecule has 3 atom stereocenters. The Morgan fingerprint density at radius 1 is 1.60 bits per heavy atom. The van der Waals surface area contributed by atoms with Gasteiger partial charge in [0, 0.05) is 25.6 Å². The van der Waals surface area contributed by atoms with E-state index in [1.165, 1.54) is 0 Å². The van der Waals surface area contributed by atoms with E-state index in [9.17, 15) is 9.90 Å². The maximum atomic E-state index is 11.9. The van der Waals surface area contributed by atoms with E-state index in [2.05, 4.69) is 0 Å². The van der Waals surface area contributed by atoms with Crippen molar-refractivity contribution in [2.24, 2.45) is 11.7 Å². The number of carbonyl (C=O) groups excluding carboxylic acids is 1. The Morgan fingerprint density at radius 2 is 2.27 bits per heavy atom. The van der Waals surface area contributed by atoms with Crippen LogP contribution in [-0.4, -0.2) is 41.7 Å². The Labute approximate surface area is 91.4 Å². The Bertz CT molecular complexity index is 219. The highest BCUT2D eigenvalue weighted by molar-refractivity contribution is 5.78. The van der Waals surface area contributed by atoms with E-state index in [-0.39, 0.29) is 17.9 Å². The first-order valence-corrected chi connectivity index (χ1v) is 5.69. The summed E-state index contributed by atoms with van der Waals surface area (Å²) in [4.78, 5) is 13.6. The summed E-state index contributed by atoms with van der Waals surface area (Å²) in [7, 11) is 1.75. The van der Waals surface area contributed by atoms with E-state index in [4.69, 9.17) is 5.73 Å². The van der Waals surface area contributed by atoms with Gasteiger partial charge in [-0.1, -0.05) is 6.42 Å². The van der Waals surface area contributed by atoms with Crippen molar-refractivity contribution in [3.05, 3.63) is 0 Å². The van der Waals surface area contributed by atoms with Crippen LogP contribution in [0.2, 0.25) is 0 Å². The fraction of sp³-hybridized carbons (Fsp3) is 0.909. The van der Waals surface area contributed by atoms with Crippen LogP contribution in [0.15, 0.2) is 0 Å². The number of amides is 1. The highest BCUT2D eigenvalue weighted by Crippen LogP contribution is 2.24. The van der Waals surface area contributed by atoms with Gasteiger partial charge in [0.15, 0.2) is 0 Å². The molecule has 3 N–H and O–H groups in total. The predicted molar refractivity (Wildman–Crippen MR) is 59.3 cm³/mol. The van der Waals surface area contributed by atoms with Gasteiger partial charge in [-0.3, -0.25) is 4.79 Å². The van der Waals surface area contributed by atoms with Crippen LogP contribution in [0.4, 0.5) is 0 Å². The summed E-state index contributed by atoms with van der Waals surface area (Å²) in [5.41, 5.74) is 5.84. The van der Waals surface area contributed by atoms with E-state index in [1.807, 2.05) is 0 Å². The zero-order valence-corrected chi connectivity index (χ0v) is 9.65. The molecule has 0 aromatic rings. The lowest BCUT2D eigenvalue weighted by Gasteiger charge is -2.29. The van der Waals surface area contributed by atoms with Crippen LogP contribution < -0.4 is 5.73 Å². The molecule has 1 saturated carbocycles. The number of hydrogen-bond acceptors (Lipinski definition) is 3. The summed E-state index contributed by atoms with van der Waals surface area (Å²) in [6.45, 7) is 2.10. The largest absolute Gasteiger partial charge is 0.392 e. The van der Waals surface area contributed by atoms with Crippen LogP contribution >= 0.6 is 0 Å². The second-order valence-electron chi connectivity index (χ2n) is 4.69. The first kappa shape index (κ1) is 12.5. The monoisotopic (exact) mass is 214 g/mol. The van der Waals surface area contributed by atoms with Gasteiger partial charge in [0.05, 0.1) is 6.10 Å². The average Bonchev–Trinajstić information content (AvgIpc) is 2.15. The van der Waals surface area contributed by atoms with E-state index in [0.717, 1.165) is 25.7 Å². The lowest BCUT2D eigenvalue weighted by Crippen LogP contribution is -2.41. The van der Waals surface area contributed by atoms with Gasteiger partial charge >= 0.3 is 0 Å². The summed E-state index contributed by atoms with van der Waals surface area (Å²) >= 11 is 0. The minimum atomic E-state index is -0.462. The van der Waals surface area contributed by atoms with Crippen LogP contribution in [0.3, 0.4) is 0 Å². The first-order valence-electron chi connectivity index (χ1n) is 5.69. The molecule has 1 aliphatic carbocycles. The minimum absolute atomic E-state index is 0.0671. The zero-order chi connectivity index (χ0) is 11.4. The normalized spacial score (nSPS) is 28.5. The minimum Gasteiger partial charge on any atom is -0.392 e. The number of nitrogens with two attached hydrogens (primary N) is 1. The molecule has 88 valence electrons. The first-order chi connectivity index (χ1) is 7.00. The fourth-order valence-electron chi connectivity index (χ4n) is 2.25. The van der Waals surface area contributed by atoms with Crippen LogP contribution in [0.5, 0.6) is 0 Å². The summed E-state index contributed by atoms with van der Waals surface area (Å²) < 4.78 is 0. The average molecular weight is 214 g/mol. The van der Waals surface area contributed by atoms with Gasteiger partial charge in [-0.2, -0.15) is 0 Å². The fourth-order valence-corrected chi connectivity index (χ4v) is 2.25. The molecule has 1 aliphatic rings. The number of aliphatic hydroxyl groups excluding tert-OH is 1. The number of aliphatic hydroxyl groups is 1. The molecule has 1 rings (SSSR count). The van der Waals surface area contributed by atoms with E-state index in [1.54, 1.807) is 18.9 Å². The van der Waals surface area contributed by atoms with E-state index < -0.39 is 6.10 Å². The molecule has 0 radical (unpaired) electrons. The Balaban J connectivity index is 2.44. The van der Waals surface area contributed by atoms with Gasteiger partial charge in [0.25, 0.3) is 0 Å². The molecule has 0 spiro atoms. The Morgan fingerprint density at radius 3 is 2.80 bits per heavy atom. The molecular weight excluding hydrogens is 192 g/mol. The van der Waals surface area contributed by atoms with E-state index in [0.29, 0.717) is 6.54 Å². The molecule has 0 bridgehead atoms. The summed E-state index contributed by atoms with van der Waals surface area (Å²) in [5, 5.41) is 9.20. The van der Waals surface area contributed by atoms with Crippen LogP contribution in [0, 0.1) is 5.92 Å². The van der Waals surface area contributed by atoms with Gasteiger partial charge in [0.2, 0.25) is 5.91 Å². The molecule has 0 heterocycles. The van der Waals surface area contributed by atoms with Crippen molar-refractivity contribution in [1.82, 2.24) is 4.90 Å². The molecule has 0 aromatic heterocycles. The summed E-state index contributed by atoms with van der Waals surface area (Å²) in [5.74, 6) is 0.198. The number of rotatable bonds is 3. The summed E-state index contributed by atoms with van der Waals surface area (Å²) in [6.07, 6.45) is 3.35. The van der Waals surface area contributed by atoms with Crippen molar-refractivity contribution in [3.63, 3.8) is 0 Å². The molecule has 4 nitrogen and oxygen atoms in total. The maximum absolute atomic E-state index is 11.9. The molecule has 1 amide bonds. The molecule has 3 unspecified atom stereocenters. The third-order valence-electron chi connectivity index (χ3n) is 2.98. The quantitative estimate of drug-likeness (QED) is 0.712. The predicted octanol–water partition coefficient (Wildman–Crippen LogP) is 0.343. The van der Waals surface area contributed by atoms with Gasteiger partial charge in [-0.05, 0) is 26.2 Å². The number of likely N-dealkylation sites (N-methyl/N-ethyl adjacent to an activating group) is 1. The van der Waals surface area contributed by atoms with Crippen molar-refractivity contribution in [1.29, 1.82) is 0 Å². The molecule has 1 fully saturated rings. The van der Waals surface area contributed by atoms with Gasteiger partial charge < -0.3 is 15.7 Å². The third-order valence-corrected chi connectivity index (χ3v) is 2.98. The molecule has 0 aliphatic heterocycles. The van der Waals surface area contributed by atoms with Crippen LogP contribution in [-0.2, 0) is 4.79 Å². The van der Waals surface area contributed by atoms with Gasteiger partial charge in [-0.15, -0.1) is 0 Å². The standard InChI is InChI=1S/C11H22N2O2/c1-8(14)7-13(2)11(15)9-4-3-5-10(12)6-9/h8-10,14H,3-7,12H2,1-2H3. The topological polar surface area (TPSA) is 66.6 Å². The van der Waals surface area contributed by atoms with Crippen molar-refractivity contribution in [3.8, 4) is 0 Å². The summed E-state index contributed by atoms with van der Waals surface area (Å²) in [6, 6.07) is 0.174. The highest BCUT2D eigenvalue weighted by atomic mass is 16.3. The highest BCUT2D eigenvalue weighted by Gasteiger charge is 2.27. The molecule has 0 saturated heterocycles. The number of carbonyl (C=O) groups is 1. The second-order valence-corrected chi connectivity index (χ2v) is 4.69. The lowest BCUT2D eigenvalue weighted by molar-refractivity contribution is -0.136. The Kier molecular flexibility index (Phi) is 4.54. The Hall–Kier alpha value is -0.610. The lowest BCUT2D eigenvalue weighted by atomic mass is 9.85. The molecule has 4 heteroatoms. The van der Waals surface area contributed by atoms with E-state index >= 15 is 0 Å². The van der Waals surface area contributed by atoms with Gasteiger partial charge in [0.1, 0.15) is 0 Å². The maximum Gasteiger partial charge on any atom is 0.225 e. The smallest absolute Gasteiger partial charge is 0.225 e. The SMILES string of the molecule is CC(O)CN(C)C(=O)C1CCCC(N)C1. The van der Waals surface area contributed by atoms with Crippen LogP contribution in [0.1, 0.15) is 32.6 Å². The third kappa shape index (κ3) is 3.80. The van der Waals surface area contributed by atoms with Gasteiger partial charge in [-0.25, -0.2) is 0 Å². The molecule has 0 aromatic carbocycles. The number of hydrogen-bond donors (Lipinski definition) is 2. The molecule has 15 heavy (non-hydrogen) atoms. The number of nitrogens with zero attached hydrogens (tertiary/aromatic N) is 1. The molecular formula is C11H22N2O2. The van der Waals surface area contributed by atoms with Crippen molar-refractivity contribution >= 4 is 5.91 Å². The second kappa shape index (κ2) is 5.47. The zero-order valence-electron chi connectivity index (χ0n) is 9.65. The van der Waals surface area contributed by atoms with Crippen molar-refractivity contribution in [2.45, 2.75) is 44.8 Å². The van der Waals surface area contributed by atoms with Crippen molar-refractivity contribution < 1.29 is 9.90 Å². The van der Waals surface area contributed by atoms with Crippen LogP contribution in [0.25, 0.3) is 0 Å².